The normalized spacial score (nSPS) is 10.6. The van der Waals surface area contributed by atoms with E-state index in [-0.39, 0.29) is 5.91 Å². The number of hydrogen-bond acceptors (Lipinski definition) is 2. The minimum atomic E-state index is -0.259. The van der Waals surface area contributed by atoms with E-state index in [4.69, 9.17) is 23.2 Å². The molecule has 0 aliphatic carbocycles. The van der Waals surface area contributed by atoms with Gasteiger partial charge in [-0.15, -0.1) is 0 Å². The number of carbonyl (C=O) groups is 1. The Hall–Kier alpha value is -2.10. The van der Waals surface area contributed by atoms with Gasteiger partial charge < -0.3 is 5.32 Å². The zero-order chi connectivity index (χ0) is 14.8. The third-order valence-corrected chi connectivity index (χ3v) is 3.58. The second-order valence-electron chi connectivity index (χ2n) is 4.47. The van der Waals surface area contributed by atoms with E-state index in [0.717, 1.165) is 10.9 Å². The largest absolute Gasteiger partial charge is 0.307 e. The lowest BCUT2D eigenvalue weighted by Crippen LogP contribution is -2.12. The highest BCUT2D eigenvalue weighted by Crippen LogP contribution is 2.25. The van der Waals surface area contributed by atoms with Gasteiger partial charge in [0.05, 0.1) is 10.5 Å². The standard InChI is InChI=1S/C16H10Cl2N2O/c17-11-7-5-10(6-8-11)16(21)20-15-9-13(18)12-3-1-2-4-14(12)19-15/h1-9H,(H,19,20,21). The summed E-state index contributed by atoms with van der Waals surface area (Å²) in [5.41, 5.74) is 1.24. The molecule has 1 heterocycles. The van der Waals surface area contributed by atoms with Gasteiger partial charge in [0.15, 0.2) is 0 Å². The molecule has 0 spiro atoms. The molecule has 3 aromatic rings. The second-order valence-corrected chi connectivity index (χ2v) is 5.31. The van der Waals surface area contributed by atoms with Crippen LogP contribution in [0.4, 0.5) is 5.82 Å². The molecular weight excluding hydrogens is 307 g/mol. The molecule has 21 heavy (non-hydrogen) atoms. The molecule has 0 unspecified atom stereocenters. The quantitative estimate of drug-likeness (QED) is 0.738. The molecule has 0 saturated carbocycles. The Kier molecular flexibility index (Phi) is 3.78. The van der Waals surface area contributed by atoms with Gasteiger partial charge in [0.25, 0.3) is 5.91 Å². The van der Waals surface area contributed by atoms with Crippen LogP contribution in [0.25, 0.3) is 10.9 Å². The van der Waals surface area contributed by atoms with E-state index in [2.05, 4.69) is 10.3 Å². The molecule has 1 amide bonds. The summed E-state index contributed by atoms with van der Waals surface area (Å²) in [6.45, 7) is 0. The molecule has 0 aliphatic rings. The first-order valence-corrected chi connectivity index (χ1v) is 7.01. The van der Waals surface area contributed by atoms with E-state index in [1.165, 1.54) is 0 Å². The van der Waals surface area contributed by atoms with Gasteiger partial charge in [0.1, 0.15) is 5.82 Å². The van der Waals surface area contributed by atoms with Crippen molar-refractivity contribution in [1.82, 2.24) is 4.98 Å². The molecule has 3 rings (SSSR count). The fraction of sp³-hybridized carbons (Fsp3) is 0. The minimum absolute atomic E-state index is 0.259. The molecular formula is C16H10Cl2N2O. The number of nitrogens with zero attached hydrogens (tertiary/aromatic N) is 1. The van der Waals surface area contributed by atoms with Crippen molar-refractivity contribution in [1.29, 1.82) is 0 Å². The first kappa shape index (κ1) is 13.9. The number of aromatic nitrogens is 1. The molecule has 1 N–H and O–H groups in total. The van der Waals surface area contributed by atoms with Crippen molar-refractivity contribution in [3.8, 4) is 0 Å². The third kappa shape index (κ3) is 2.99. The van der Waals surface area contributed by atoms with Gasteiger partial charge in [0, 0.05) is 22.0 Å². The number of amides is 1. The number of nitrogens with one attached hydrogen (secondary N) is 1. The maximum atomic E-state index is 12.1. The summed E-state index contributed by atoms with van der Waals surface area (Å²) >= 11 is 12.0. The number of para-hydroxylation sites is 1. The monoisotopic (exact) mass is 316 g/mol. The van der Waals surface area contributed by atoms with Gasteiger partial charge in [-0.25, -0.2) is 4.98 Å². The molecule has 3 nitrogen and oxygen atoms in total. The SMILES string of the molecule is O=C(Nc1cc(Cl)c2ccccc2n1)c1ccc(Cl)cc1. The lowest BCUT2D eigenvalue weighted by Gasteiger charge is -2.07. The predicted molar refractivity (Wildman–Crippen MR) is 86.2 cm³/mol. The number of benzene rings is 2. The first-order chi connectivity index (χ1) is 10.1. The Bertz CT molecular complexity index is 816. The fourth-order valence-corrected chi connectivity index (χ4v) is 2.38. The van der Waals surface area contributed by atoms with E-state index in [0.29, 0.717) is 21.4 Å². The number of carbonyl (C=O) groups excluding carboxylic acids is 1. The van der Waals surface area contributed by atoms with Crippen molar-refractivity contribution in [3.05, 3.63) is 70.2 Å². The molecule has 0 radical (unpaired) electrons. The van der Waals surface area contributed by atoms with Crippen LogP contribution in [0.15, 0.2) is 54.6 Å². The van der Waals surface area contributed by atoms with Crippen LogP contribution in [0, 0.1) is 0 Å². The van der Waals surface area contributed by atoms with Gasteiger partial charge in [-0.1, -0.05) is 41.4 Å². The van der Waals surface area contributed by atoms with Gasteiger partial charge in [-0.3, -0.25) is 4.79 Å². The highest BCUT2D eigenvalue weighted by Gasteiger charge is 2.09. The summed E-state index contributed by atoms with van der Waals surface area (Å²) in [5.74, 6) is 0.157. The molecule has 0 bridgehead atoms. The van der Waals surface area contributed by atoms with Crippen LogP contribution >= 0.6 is 23.2 Å². The van der Waals surface area contributed by atoms with Crippen LogP contribution in [-0.4, -0.2) is 10.9 Å². The van der Waals surface area contributed by atoms with E-state index in [9.17, 15) is 4.79 Å². The number of rotatable bonds is 2. The number of pyridine rings is 1. The summed E-state index contributed by atoms with van der Waals surface area (Å²) in [5, 5.41) is 4.71. The summed E-state index contributed by atoms with van der Waals surface area (Å²) < 4.78 is 0. The minimum Gasteiger partial charge on any atom is -0.307 e. The number of halogens is 2. The van der Waals surface area contributed by atoms with Crippen LogP contribution < -0.4 is 5.32 Å². The average molecular weight is 317 g/mol. The maximum absolute atomic E-state index is 12.1. The van der Waals surface area contributed by atoms with E-state index >= 15 is 0 Å². The molecule has 2 aromatic carbocycles. The van der Waals surface area contributed by atoms with Gasteiger partial charge in [0.2, 0.25) is 0 Å². The zero-order valence-corrected chi connectivity index (χ0v) is 12.3. The third-order valence-electron chi connectivity index (χ3n) is 3.01. The highest BCUT2D eigenvalue weighted by molar-refractivity contribution is 6.35. The van der Waals surface area contributed by atoms with Crippen molar-refractivity contribution in [3.63, 3.8) is 0 Å². The first-order valence-electron chi connectivity index (χ1n) is 6.26. The number of hydrogen-bond donors (Lipinski definition) is 1. The molecule has 0 atom stereocenters. The smallest absolute Gasteiger partial charge is 0.256 e. The summed E-state index contributed by atoms with van der Waals surface area (Å²) in [6, 6.07) is 15.8. The lowest BCUT2D eigenvalue weighted by molar-refractivity contribution is 0.102. The highest BCUT2D eigenvalue weighted by atomic mass is 35.5. The Balaban J connectivity index is 1.91. The van der Waals surface area contributed by atoms with E-state index in [1.54, 1.807) is 30.3 Å². The van der Waals surface area contributed by atoms with Crippen LogP contribution in [0.5, 0.6) is 0 Å². The van der Waals surface area contributed by atoms with Crippen LogP contribution in [0.2, 0.25) is 10.0 Å². The van der Waals surface area contributed by atoms with Crippen LogP contribution in [-0.2, 0) is 0 Å². The number of anilines is 1. The summed E-state index contributed by atoms with van der Waals surface area (Å²) in [4.78, 5) is 16.5. The molecule has 104 valence electrons. The lowest BCUT2D eigenvalue weighted by atomic mass is 10.2. The topological polar surface area (TPSA) is 42.0 Å². The maximum Gasteiger partial charge on any atom is 0.256 e. The molecule has 0 aliphatic heterocycles. The van der Waals surface area contributed by atoms with Crippen molar-refractivity contribution in [2.45, 2.75) is 0 Å². The van der Waals surface area contributed by atoms with Crippen molar-refractivity contribution in [2.75, 3.05) is 5.32 Å². The Morgan fingerprint density at radius 2 is 1.71 bits per heavy atom. The Morgan fingerprint density at radius 1 is 1.00 bits per heavy atom. The Labute approximate surface area is 131 Å². The van der Waals surface area contributed by atoms with Crippen molar-refractivity contribution in [2.24, 2.45) is 0 Å². The average Bonchev–Trinajstić information content (AvgIpc) is 2.48. The Morgan fingerprint density at radius 3 is 2.48 bits per heavy atom. The zero-order valence-electron chi connectivity index (χ0n) is 10.8. The van der Waals surface area contributed by atoms with Crippen LogP contribution in [0.1, 0.15) is 10.4 Å². The molecule has 0 saturated heterocycles. The summed E-state index contributed by atoms with van der Waals surface area (Å²) in [6.07, 6.45) is 0. The van der Waals surface area contributed by atoms with Crippen LogP contribution in [0.3, 0.4) is 0 Å². The van der Waals surface area contributed by atoms with Crippen molar-refractivity contribution < 1.29 is 4.79 Å². The van der Waals surface area contributed by atoms with E-state index < -0.39 is 0 Å². The van der Waals surface area contributed by atoms with E-state index in [1.807, 2.05) is 24.3 Å². The van der Waals surface area contributed by atoms with Crippen molar-refractivity contribution >= 4 is 45.8 Å². The van der Waals surface area contributed by atoms with Gasteiger partial charge in [-0.2, -0.15) is 0 Å². The predicted octanol–water partition coefficient (Wildman–Crippen LogP) is 4.79. The van der Waals surface area contributed by atoms with Gasteiger partial charge >= 0.3 is 0 Å². The number of fused-ring (bicyclic) bond motifs is 1. The van der Waals surface area contributed by atoms with Gasteiger partial charge in [-0.05, 0) is 30.3 Å². The molecule has 1 aromatic heterocycles. The fourth-order valence-electron chi connectivity index (χ4n) is 1.99. The second kappa shape index (κ2) is 5.72. The summed E-state index contributed by atoms with van der Waals surface area (Å²) in [7, 11) is 0. The molecule has 5 heteroatoms. The molecule has 0 fully saturated rings.